The van der Waals surface area contributed by atoms with Crippen molar-refractivity contribution in [2.24, 2.45) is 18.0 Å². The van der Waals surface area contributed by atoms with Gasteiger partial charge in [-0.1, -0.05) is 27.7 Å². The summed E-state index contributed by atoms with van der Waals surface area (Å²) >= 11 is 0. The Morgan fingerprint density at radius 1 is 1.25 bits per heavy atom. The molecule has 0 aliphatic carbocycles. The maximum absolute atomic E-state index is 4.69. The summed E-state index contributed by atoms with van der Waals surface area (Å²) in [4.78, 5) is 7.22. The standard InChI is InChI=1S/C18H36N6/c1-7-19-18(20-13-16-10-11-22-23(16)6)21-14-17(12-15(4)5)24(8-2)9-3/h10-11,15,17H,7-9,12-14H2,1-6H3,(H2,19,20,21). The van der Waals surface area contributed by atoms with Crippen LogP contribution < -0.4 is 10.6 Å². The molecular weight excluding hydrogens is 300 g/mol. The van der Waals surface area contributed by atoms with E-state index in [4.69, 9.17) is 4.99 Å². The van der Waals surface area contributed by atoms with Crippen LogP contribution in [0.5, 0.6) is 0 Å². The number of aryl methyl sites for hydroxylation is 1. The van der Waals surface area contributed by atoms with Crippen LogP contribution in [0.15, 0.2) is 17.3 Å². The van der Waals surface area contributed by atoms with Gasteiger partial charge in [0, 0.05) is 32.4 Å². The molecular formula is C18H36N6. The van der Waals surface area contributed by atoms with Gasteiger partial charge in [0.05, 0.1) is 12.2 Å². The highest BCUT2D eigenvalue weighted by Crippen LogP contribution is 2.11. The fourth-order valence-electron chi connectivity index (χ4n) is 2.92. The predicted molar refractivity (Wildman–Crippen MR) is 102 cm³/mol. The van der Waals surface area contributed by atoms with E-state index in [-0.39, 0.29) is 0 Å². The van der Waals surface area contributed by atoms with Crippen LogP contribution in [0.4, 0.5) is 0 Å². The van der Waals surface area contributed by atoms with Crippen molar-refractivity contribution < 1.29 is 0 Å². The Morgan fingerprint density at radius 2 is 1.96 bits per heavy atom. The summed E-state index contributed by atoms with van der Waals surface area (Å²) in [7, 11) is 1.95. The second-order valence-corrected chi connectivity index (χ2v) is 6.53. The molecule has 6 nitrogen and oxygen atoms in total. The van der Waals surface area contributed by atoms with Crippen LogP contribution in [0.1, 0.15) is 46.7 Å². The first-order valence-corrected chi connectivity index (χ1v) is 9.24. The lowest BCUT2D eigenvalue weighted by molar-refractivity contribution is 0.191. The van der Waals surface area contributed by atoms with E-state index >= 15 is 0 Å². The van der Waals surface area contributed by atoms with Crippen LogP contribution in [-0.2, 0) is 13.6 Å². The van der Waals surface area contributed by atoms with Crippen LogP contribution in [-0.4, -0.2) is 52.9 Å². The monoisotopic (exact) mass is 336 g/mol. The van der Waals surface area contributed by atoms with E-state index in [1.807, 2.05) is 24.0 Å². The number of aliphatic imine (C=N–C) groups is 1. The van der Waals surface area contributed by atoms with E-state index in [9.17, 15) is 0 Å². The first-order chi connectivity index (χ1) is 11.5. The highest BCUT2D eigenvalue weighted by Gasteiger charge is 2.17. The van der Waals surface area contributed by atoms with E-state index in [1.165, 1.54) is 6.42 Å². The number of nitrogens with zero attached hydrogens (tertiary/aromatic N) is 4. The first kappa shape index (κ1) is 20.5. The molecule has 0 fully saturated rings. The molecule has 6 heteroatoms. The summed E-state index contributed by atoms with van der Waals surface area (Å²) in [6.45, 7) is 15.7. The lowest BCUT2D eigenvalue weighted by Gasteiger charge is -2.31. The molecule has 0 saturated heterocycles. The molecule has 0 spiro atoms. The third-order valence-corrected chi connectivity index (χ3v) is 4.24. The minimum absolute atomic E-state index is 0.528. The van der Waals surface area contributed by atoms with Gasteiger partial charge in [0.25, 0.3) is 0 Å². The van der Waals surface area contributed by atoms with Gasteiger partial charge in [-0.15, -0.1) is 0 Å². The predicted octanol–water partition coefficient (Wildman–Crippen LogP) is 2.23. The lowest BCUT2D eigenvalue weighted by atomic mass is 10.0. The molecule has 0 aromatic carbocycles. The summed E-state index contributed by atoms with van der Waals surface area (Å²) in [5.41, 5.74) is 1.11. The van der Waals surface area contributed by atoms with Gasteiger partial charge in [0.2, 0.25) is 0 Å². The van der Waals surface area contributed by atoms with E-state index in [2.05, 4.69) is 55.3 Å². The van der Waals surface area contributed by atoms with Gasteiger partial charge >= 0.3 is 0 Å². The Bertz CT molecular complexity index is 476. The molecule has 1 heterocycles. The number of hydrogen-bond acceptors (Lipinski definition) is 3. The summed E-state index contributed by atoms with van der Waals surface area (Å²) in [5.74, 6) is 1.56. The van der Waals surface area contributed by atoms with Crippen molar-refractivity contribution in [2.75, 3.05) is 26.2 Å². The van der Waals surface area contributed by atoms with Gasteiger partial charge in [0.1, 0.15) is 0 Å². The molecule has 0 saturated carbocycles. The maximum atomic E-state index is 4.69. The summed E-state index contributed by atoms with van der Waals surface area (Å²) in [6.07, 6.45) is 3.00. The van der Waals surface area contributed by atoms with Crippen LogP contribution >= 0.6 is 0 Å². The second kappa shape index (κ2) is 11.1. The highest BCUT2D eigenvalue weighted by molar-refractivity contribution is 5.79. The van der Waals surface area contributed by atoms with Crippen molar-refractivity contribution in [2.45, 2.75) is 53.6 Å². The van der Waals surface area contributed by atoms with Gasteiger partial charge in [-0.25, -0.2) is 4.99 Å². The molecule has 0 aliphatic rings. The zero-order chi connectivity index (χ0) is 17.9. The Hall–Kier alpha value is -1.56. The molecule has 0 aliphatic heterocycles. The lowest BCUT2D eigenvalue weighted by Crippen LogP contribution is -2.47. The average Bonchev–Trinajstić information content (AvgIpc) is 2.95. The van der Waals surface area contributed by atoms with Crippen molar-refractivity contribution in [3.63, 3.8) is 0 Å². The maximum Gasteiger partial charge on any atom is 0.191 e. The minimum Gasteiger partial charge on any atom is -0.357 e. The number of hydrogen-bond donors (Lipinski definition) is 2. The normalized spacial score (nSPS) is 13.6. The number of guanidine groups is 1. The minimum atomic E-state index is 0.528. The second-order valence-electron chi connectivity index (χ2n) is 6.53. The van der Waals surface area contributed by atoms with E-state index in [0.717, 1.165) is 37.8 Å². The Kier molecular flexibility index (Phi) is 9.45. The van der Waals surface area contributed by atoms with Crippen molar-refractivity contribution in [1.82, 2.24) is 25.3 Å². The smallest absolute Gasteiger partial charge is 0.191 e. The van der Waals surface area contributed by atoms with Crippen molar-refractivity contribution in [3.8, 4) is 0 Å². The molecule has 2 N–H and O–H groups in total. The SMILES string of the molecule is CCNC(=NCc1ccnn1C)NCC(CC(C)C)N(CC)CC. The topological polar surface area (TPSA) is 57.5 Å². The van der Waals surface area contributed by atoms with Crippen molar-refractivity contribution in [3.05, 3.63) is 18.0 Å². The molecule has 1 unspecified atom stereocenters. The molecule has 0 radical (unpaired) electrons. The van der Waals surface area contributed by atoms with Gasteiger partial charge < -0.3 is 10.6 Å². The third-order valence-electron chi connectivity index (χ3n) is 4.24. The fourth-order valence-corrected chi connectivity index (χ4v) is 2.92. The molecule has 0 bridgehead atoms. The van der Waals surface area contributed by atoms with Gasteiger partial charge in [-0.2, -0.15) is 5.10 Å². The number of likely N-dealkylation sites (N-methyl/N-ethyl adjacent to an activating group) is 1. The van der Waals surface area contributed by atoms with Gasteiger partial charge in [-0.3, -0.25) is 9.58 Å². The van der Waals surface area contributed by atoms with Crippen molar-refractivity contribution >= 4 is 5.96 Å². The zero-order valence-corrected chi connectivity index (χ0v) is 16.3. The van der Waals surface area contributed by atoms with Crippen LogP contribution in [0.25, 0.3) is 0 Å². The Labute approximate surface area is 147 Å². The third kappa shape index (κ3) is 6.91. The molecule has 138 valence electrons. The van der Waals surface area contributed by atoms with Crippen molar-refractivity contribution in [1.29, 1.82) is 0 Å². The molecule has 24 heavy (non-hydrogen) atoms. The largest absolute Gasteiger partial charge is 0.357 e. The molecule has 1 rings (SSSR count). The average molecular weight is 337 g/mol. The van der Waals surface area contributed by atoms with Crippen LogP contribution in [0, 0.1) is 5.92 Å². The molecule has 0 amide bonds. The number of rotatable bonds is 10. The summed E-state index contributed by atoms with van der Waals surface area (Å²) in [5, 5.41) is 11.1. The Morgan fingerprint density at radius 3 is 2.46 bits per heavy atom. The first-order valence-electron chi connectivity index (χ1n) is 9.24. The van der Waals surface area contributed by atoms with Crippen LogP contribution in [0.2, 0.25) is 0 Å². The fraction of sp³-hybridized carbons (Fsp3) is 0.778. The molecule has 1 atom stereocenters. The van der Waals surface area contributed by atoms with E-state index < -0.39 is 0 Å². The highest BCUT2D eigenvalue weighted by atomic mass is 15.3. The summed E-state index contributed by atoms with van der Waals surface area (Å²) < 4.78 is 1.87. The molecule has 1 aromatic rings. The zero-order valence-electron chi connectivity index (χ0n) is 16.3. The Balaban J connectivity index is 2.69. The van der Waals surface area contributed by atoms with Gasteiger partial charge in [0.15, 0.2) is 5.96 Å². The molecule has 1 aromatic heterocycles. The summed E-state index contributed by atoms with van der Waals surface area (Å²) in [6, 6.07) is 2.53. The van der Waals surface area contributed by atoms with E-state index in [0.29, 0.717) is 18.5 Å². The quantitative estimate of drug-likeness (QED) is 0.508. The van der Waals surface area contributed by atoms with Crippen LogP contribution in [0.3, 0.4) is 0 Å². The van der Waals surface area contributed by atoms with Gasteiger partial charge in [-0.05, 0) is 38.4 Å². The number of nitrogens with one attached hydrogen (secondary N) is 2. The van der Waals surface area contributed by atoms with E-state index in [1.54, 1.807) is 0 Å². The number of aromatic nitrogens is 2.